The molecule has 1 aliphatic rings. The summed E-state index contributed by atoms with van der Waals surface area (Å²) in [6.07, 6.45) is 1.15. The van der Waals surface area contributed by atoms with Crippen LogP contribution in [0, 0.1) is 0 Å². The Morgan fingerprint density at radius 3 is 3.00 bits per heavy atom. The molecule has 0 radical (unpaired) electrons. The highest BCUT2D eigenvalue weighted by atomic mass is 32.2. The van der Waals surface area contributed by atoms with E-state index in [0.29, 0.717) is 12.8 Å². The van der Waals surface area contributed by atoms with E-state index in [9.17, 15) is 13.2 Å². The Kier molecular flexibility index (Phi) is 4.23. The normalized spacial score (nSPS) is 22.8. The Bertz CT molecular complexity index is 858. The highest BCUT2D eigenvalue weighted by molar-refractivity contribution is 7.91. The summed E-state index contributed by atoms with van der Waals surface area (Å²) in [7, 11) is -2.15. The first kappa shape index (κ1) is 12.7. The van der Waals surface area contributed by atoms with Crippen LogP contribution >= 0.6 is 0 Å². The van der Waals surface area contributed by atoms with E-state index in [1.54, 1.807) is 0 Å². The van der Waals surface area contributed by atoms with Crippen LogP contribution in [0.5, 0.6) is 5.75 Å². The standard InChI is InChI=1S/C17H26N2O4S/c1-4-19-10-6-7-13(19)12-18-17(20)15-11-14(24(21,22)5-2)8-9-16(15)23-3/h8-9,11,13H,4-7,10,12H2,1-3H3,(H,18,20)/i1D3,4D2. The maximum absolute atomic E-state index is 12.7. The molecule has 1 aliphatic heterocycles. The highest BCUT2D eigenvalue weighted by Gasteiger charge is 2.24. The Labute approximate surface area is 151 Å². The monoisotopic (exact) mass is 359 g/mol. The molecule has 1 atom stereocenters. The number of carbonyl (C=O) groups is 1. The smallest absolute Gasteiger partial charge is 0.255 e. The van der Waals surface area contributed by atoms with Crippen molar-refractivity contribution in [2.75, 3.05) is 32.4 Å². The summed E-state index contributed by atoms with van der Waals surface area (Å²) in [6, 6.07) is 3.55. The molecule has 0 aromatic heterocycles. The maximum atomic E-state index is 12.7. The molecule has 1 amide bonds. The van der Waals surface area contributed by atoms with Crippen molar-refractivity contribution in [3.8, 4) is 5.75 Å². The molecule has 6 nitrogen and oxygen atoms in total. The SMILES string of the molecule is [2H]C([2H])([2H])C([2H])([2H])N1CCCC1CNC(=O)c1cc(S(=O)(=O)CC)ccc1OC. The molecule has 0 aliphatic carbocycles. The van der Waals surface area contributed by atoms with E-state index in [-0.39, 0.29) is 35.1 Å². The molecule has 0 saturated carbocycles. The molecule has 1 fully saturated rings. The van der Waals surface area contributed by atoms with Crippen LogP contribution in [0.3, 0.4) is 0 Å². The van der Waals surface area contributed by atoms with E-state index in [2.05, 4.69) is 5.32 Å². The fraction of sp³-hybridized carbons (Fsp3) is 0.588. The van der Waals surface area contributed by atoms with E-state index >= 15 is 0 Å². The number of likely N-dealkylation sites (N-methyl/N-ethyl adjacent to an activating group) is 1. The van der Waals surface area contributed by atoms with Crippen LogP contribution in [-0.2, 0) is 9.84 Å². The first-order valence-electron chi connectivity index (χ1n) is 10.3. The second kappa shape index (κ2) is 7.98. The summed E-state index contributed by atoms with van der Waals surface area (Å²) in [5.74, 6) is -0.475. The average Bonchev–Trinajstić information content (AvgIpc) is 3.14. The van der Waals surface area contributed by atoms with Gasteiger partial charge in [0.05, 0.1) is 23.3 Å². The van der Waals surface area contributed by atoms with Crippen LogP contribution < -0.4 is 10.1 Å². The lowest BCUT2D eigenvalue weighted by Gasteiger charge is -2.23. The van der Waals surface area contributed by atoms with Gasteiger partial charge in [-0.2, -0.15) is 0 Å². The number of hydrogen-bond donors (Lipinski definition) is 1. The molecule has 1 unspecified atom stereocenters. The third-order valence-electron chi connectivity index (χ3n) is 4.17. The lowest BCUT2D eigenvalue weighted by Crippen LogP contribution is -2.40. The summed E-state index contributed by atoms with van der Waals surface area (Å²) in [5, 5.41) is 2.66. The average molecular weight is 360 g/mol. The lowest BCUT2D eigenvalue weighted by atomic mass is 10.1. The molecule has 1 saturated heterocycles. The van der Waals surface area contributed by atoms with Gasteiger partial charge in [0, 0.05) is 19.4 Å². The second-order valence-electron chi connectivity index (χ2n) is 5.58. The molecule has 1 aromatic rings. The number of nitrogens with zero attached hydrogens (tertiary/aromatic N) is 1. The van der Waals surface area contributed by atoms with Crippen LogP contribution in [-0.4, -0.2) is 57.7 Å². The first-order chi connectivity index (χ1) is 13.3. The van der Waals surface area contributed by atoms with E-state index in [4.69, 9.17) is 11.6 Å². The number of ether oxygens (including phenoxy) is 1. The summed E-state index contributed by atoms with van der Waals surface area (Å²) in [5.41, 5.74) is 0.0467. The third-order valence-corrected chi connectivity index (χ3v) is 5.91. The number of carbonyl (C=O) groups excluding carboxylic acids is 1. The number of methoxy groups -OCH3 is 1. The van der Waals surface area contributed by atoms with Crippen molar-refractivity contribution in [1.29, 1.82) is 0 Å². The Hall–Kier alpha value is -1.60. The van der Waals surface area contributed by atoms with Crippen molar-refractivity contribution in [3.63, 3.8) is 0 Å². The molecule has 2 rings (SSSR count). The van der Waals surface area contributed by atoms with Gasteiger partial charge in [-0.15, -0.1) is 0 Å². The van der Waals surface area contributed by atoms with E-state index < -0.39 is 35.1 Å². The summed E-state index contributed by atoms with van der Waals surface area (Å²) >= 11 is 0. The molecule has 1 N–H and O–H groups in total. The molecule has 1 heterocycles. The van der Waals surface area contributed by atoms with Gasteiger partial charge in [-0.1, -0.05) is 13.8 Å². The van der Waals surface area contributed by atoms with Crippen molar-refractivity contribution < 1.29 is 24.8 Å². The number of rotatable bonds is 7. The highest BCUT2D eigenvalue weighted by Crippen LogP contribution is 2.23. The van der Waals surface area contributed by atoms with Crippen molar-refractivity contribution in [1.82, 2.24) is 10.2 Å². The van der Waals surface area contributed by atoms with Crippen molar-refractivity contribution in [2.24, 2.45) is 0 Å². The quantitative estimate of drug-likeness (QED) is 0.802. The number of likely N-dealkylation sites (tertiary alicyclic amines) is 1. The molecule has 1 aromatic carbocycles. The molecule has 134 valence electrons. The molecule has 7 heteroatoms. The van der Waals surface area contributed by atoms with Gasteiger partial charge in [-0.25, -0.2) is 8.42 Å². The lowest BCUT2D eigenvalue weighted by molar-refractivity contribution is 0.0938. The van der Waals surface area contributed by atoms with Crippen molar-refractivity contribution >= 4 is 15.7 Å². The second-order valence-corrected chi connectivity index (χ2v) is 7.86. The Morgan fingerprint density at radius 1 is 1.54 bits per heavy atom. The Morgan fingerprint density at radius 2 is 2.33 bits per heavy atom. The molecule has 0 bridgehead atoms. The predicted octanol–water partition coefficient (Wildman–Crippen LogP) is 1.70. The zero-order valence-electron chi connectivity index (χ0n) is 18.8. The minimum Gasteiger partial charge on any atom is -0.496 e. The number of nitrogens with one attached hydrogen (secondary N) is 1. The number of amides is 1. The predicted molar refractivity (Wildman–Crippen MR) is 93.3 cm³/mol. The largest absolute Gasteiger partial charge is 0.496 e. The molecular formula is C17H26N2O4S. The van der Waals surface area contributed by atoms with Gasteiger partial charge in [-0.3, -0.25) is 9.69 Å². The number of benzene rings is 1. The van der Waals surface area contributed by atoms with Crippen molar-refractivity contribution in [2.45, 2.75) is 37.6 Å². The minimum absolute atomic E-state index is 0.00665. The maximum Gasteiger partial charge on any atom is 0.255 e. The van der Waals surface area contributed by atoms with Crippen LogP contribution in [0.2, 0.25) is 0 Å². The van der Waals surface area contributed by atoms with Crippen LogP contribution in [0.15, 0.2) is 23.1 Å². The van der Waals surface area contributed by atoms with Gasteiger partial charge in [-0.05, 0) is 44.1 Å². The first-order valence-corrected chi connectivity index (χ1v) is 9.46. The van der Waals surface area contributed by atoms with Crippen LogP contribution in [0.1, 0.15) is 43.8 Å². The topological polar surface area (TPSA) is 75.7 Å². The van der Waals surface area contributed by atoms with Gasteiger partial charge in [0.15, 0.2) is 9.84 Å². The van der Waals surface area contributed by atoms with Gasteiger partial charge in [0.1, 0.15) is 5.75 Å². The molecule has 0 spiro atoms. The van der Waals surface area contributed by atoms with Crippen LogP contribution in [0.25, 0.3) is 0 Å². The fourth-order valence-electron chi connectivity index (χ4n) is 2.73. The van der Waals surface area contributed by atoms with Gasteiger partial charge in [0.2, 0.25) is 0 Å². The Balaban J connectivity index is 2.19. The minimum atomic E-state index is -3.51. The van der Waals surface area contributed by atoms with Gasteiger partial charge < -0.3 is 10.1 Å². The van der Waals surface area contributed by atoms with Crippen molar-refractivity contribution in [3.05, 3.63) is 23.8 Å². The zero-order chi connectivity index (χ0) is 22.0. The number of hydrogen-bond acceptors (Lipinski definition) is 5. The zero-order valence-corrected chi connectivity index (χ0v) is 14.6. The van der Waals surface area contributed by atoms with E-state index in [1.807, 2.05) is 0 Å². The van der Waals surface area contributed by atoms with Gasteiger partial charge in [0.25, 0.3) is 5.91 Å². The fourth-order valence-corrected chi connectivity index (χ4v) is 3.63. The van der Waals surface area contributed by atoms with Crippen LogP contribution in [0.4, 0.5) is 0 Å². The van der Waals surface area contributed by atoms with E-state index in [1.165, 1.54) is 37.1 Å². The third kappa shape index (κ3) is 4.08. The number of sulfone groups is 1. The summed E-state index contributed by atoms with van der Waals surface area (Å²) < 4.78 is 67.7. The molecular weight excluding hydrogens is 328 g/mol. The summed E-state index contributed by atoms with van der Waals surface area (Å²) in [4.78, 5) is 14.0. The van der Waals surface area contributed by atoms with Gasteiger partial charge >= 0.3 is 0 Å². The van der Waals surface area contributed by atoms with E-state index in [0.717, 1.165) is 0 Å². The molecule has 24 heavy (non-hydrogen) atoms. The summed E-state index contributed by atoms with van der Waals surface area (Å²) in [6.45, 7) is -3.51.